The number of nitrogens with one attached hydrogen (secondary N) is 1. The number of guanidine groups is 1. The molecule has 5 nitrogen and oxygen atoms in total. The lowest BCUT2D eigenvalue weighted by Crippen LogP contribution is -2.44. The highest BCUT2D eigenvalue weighted by Crippen LogP contribution is 2.07. The van der Waals surface area contributed by atoms with Gasteiger partial charge in [0.2, 0.25) is 0 Å². The zero-order valence-corrected chi connectivity index (χ0v) is 17.7. The van der Waals surface area contributed by atoms with E-state index in [1.54, 1.807) is 19.2 Å². The minimum atomic E-state index is -0.206. The SMILES string of the molecule is CN=C(NCC(C)CN1CCOCC1)N(C)Cc1cccc(F)c1.I. The van der Waals surface area contributed by atoms with Crippen molar-refractivity contribution in [3.8, 4) is 0 Å². The van der Waals surface area contributed by atoms with Crippen molar-refractivity contribution in [3.05, 3.63) is 35.6 Å². The van der Waals surface area contributed by atoms with Crippen LogP contribution in [-0.2, 0) is 11.3 Å². The number of nitrogens with zero attached hydrogens (tertiary/aromatic N) is 3. The summed E-state index contributed by atoms with van der Waals surface area (Å²) in [5.74, 6) is 1.14. The largest absolute Gasteiger partial charge is 0.379 e. The molecule has 0 amide bonds. The molecule has 0 bridgehead atoms. The van der Waals surface area contributed by atoms with Gasteiger partial charge in [0.25, 0.3) is 0 Å². The predicted octanol–water partition coefficient (Wildman–Crippen LogP) is 2.42. The standard InChI is InChI=1S/C18H29FN4O.HI/c1-15(13-23-7-9-24-10-8-23)12-21-18(20-2)22(3)14-16-5-4-6-17(19)11-16;/h4-6,11,15H,7-10,12-14H2,1-3H3,(H,20,21);1H. The quantitative estimate of drug-likeness (QED) is 0.399. The monoisotopic (exact) mass is 464 g/mol. The molecule has 0 aromatic heterocycles. The summed E-state index contributed by atoms with van der Waals surface area (Å²) in [6.45, 7) is 8.46. The summed E-state index contributed by atoms with van der Waals surface area (Å²) >= 11 is 0. The van der Waals surface area contributed by atoms with Gasteiger partial charge < -0.3 is 15.0 Å². The van der Waals surface area contributed by atoms with Crippen molar-refractivity contribution in [1.82, 2.24) is 15.1 Å². The van der Waals surface area contributed by atoms with Crippen LogP contribution in [0.4, 0.5) is 4.39 Å². The third-order valence-electron chi connectivity index (χ3n) is 4.16. The molecule has 1 heterocycles. The Morgan fingerprint density at radius 1 is 1.40 bits per heavy atom. The van der Waals surface area contributed by atoms with Crippen molar-refractivity contribution in [3.63, 3.8) is 0 Å². The van der Waals surface area contributed by atoms with E-state index >= 15 is 0 Å². The summed E-state index contributed by atoms with van der Waals surface area (Å²) in [7, 11) is 3.74. The molecule has 1 unspecified atom stereocenters. The number of benzene rings is 1. The lowest BCUT2D eigenvalue weighted by atomic mass is 10.1. The van der Waals surface area contributed by atoms with Crippen molar-refractivity contribution in [2.24, 2.45) is 10.9 Å². The Bertz CT molecular complexity index is 538. The summed E-state index contributed by atoms with van der Waals surface area (Å²) in [4.78, 5) is 8.78. The van der Waals surface area contributed by atoms with Crippen LogP contribution >= 0.6 is 24.0 Å². The fourth-order valence-corrected chi connectivity index (χ4v) is 2.92. The van der Waals surface area contributed by atoms with E-state index in [-0.39, 0.29) is 29.8 Å². The molecule has 1 aromatic carbocycles. The molecular weight excluding hydrogens is 434 g/mol. The zero-order valence-electron chi connectivity index (χ0n) is 15.4. The molecule has 1 saturated heterocycles. The van der Waals surface area contributed by atoms with Gasteiger partial charge in [-0.25, -0.2) is 4.39 Å². The molecule has 1 fully saturated rings. The van der Waals surface area contributed by atoms with Crippen LogP contribution in [0.3, 0.4) is 0 Å². The highest BCUT2D eigenvalue weighted by molar-refractivity contribution is 14.0. The van der Waals surface area contributed by atoms with Gasteiger partial charge in [0.1, 0.15) is 5.82 Å². The number of aliphatic imine (C=N–C) groups is 1. The minimum absolute atomic E-state index is 0. The molecule has 1 atom stereocenters. The first-order valence-electron chi connectivity index (χ1n) is 8.55. The Morgan fingerprint density at radius 2 is 2.12 bits per heavy atom. The topological polar surface area (TPSA) is 40.1 Å². The fraction of sp³-hybridized carbons (Fsp3) is 0.611. The lowest BCUT2D eigenvalue weighted by Gasteiger charge is -2.30. The maximum Gasteiger partial charge on any atom is 0.193 e. The lowest BCUT2D eigenvalue weighted by molar-refractivity contribution is 0.0320. The number of rotatable bonds is 6. The smallest absolute Gasteiger partial charge is 0.193 e. The minimum Gasteiger partial charge on any atom is -0.379 e. The van der Waals surface area contributed by atoms with E-state index in [0.29, 0.717) is 12.5 Å². The first-order chi connectivity index (χ1) is 11.6. The van der Waals surface area contributed by atoms with E-state index in [1.165, 1.54) is 6.07 Å². The van der Waals surface area contributed by atoms with E-state index in [4.69, 9.17) is 4.74 Å². The second kappa shape index (κ2) is 11.6. The number of halogens is 2. The first-order valence-corrected chi connectivity index (χ1v) is 8.55. The van der Waals surface area contributed by atoms with Crippen LogP contribution in [0.25, 0.3) is 0 Å². The highest BCUT2D eigenvalue weighted by atomic mass is 127. The van der Waals surface area contributed by atoms with Crippen molar-refractivity contribution >= 4 is 29.9 Å². The van der Waals surface area contributed by atoms with Crippen molar-refractivity contribution in [1.29, 1.82) is 0 Å². The number of hydrogen-bond acceptors (Lipinski definition) is 3. The van der Waals surface area contributed by atoms with Gasteiger partial charge in [0.05, 0.1) is 13.2 Å². The van der Waals surface area contributed by atoms with Crippen molar-refractivity contribution < 1.29 is 9.13 Å². The molecule has 1 aliphatic rings. The highest BCUT2D eigenvalue weighted by Gasteiger charge is 2.15. The predicted molar refractivity (Wildman–Crippen MR) is 111 cm³/mol. The van der Waals surface area contributed by atoms with Crippen LogP contribution in [0.15, 0.2) is 29.3 Å². The number of ether oxygens (including phenoxy) is 1. The van der Waals surface area contributed by atoms with Crippen LogP contribution in [0.1, 0.15) is 12.5 Å². The fourth-order valence-electron chi connectivity index (χ4n) is 2.92. The maximum absolute atomic E-state index is 13.3. The summed E-state index contributed by atoms with van der Waals surface area (Å²) in [6.07, 6.45) is 0. The molecule has 0 saturated carbocycles. The summed E-state index contributed by atoms with van der Waals surface area (Å²) in [6, 6.07) is 6.68. The Balaban J connectivity index is 0.00000312. The van der Waals surface area contributed by atoms with Gasteiger partial charge in [-0.3, -0.25) is 9.89 Å². The third-order valence-corrected chi connectivity index (χ3v) is 4.16. The first kappa shape index (κ1) is 22.1. The average Bonchev–Trinajstić information content (AvgIpc) is 2.56. The maximum atomic E-state index is 13.3. The van der Waals surface area contributed by atoms with E-state index in [1.807, 2.05) is 18.0 Å². The zero-order chi connectivity index (χ0) is 17.4. The van der Waals surface area contributed by atoms with Crippen LogP contribution < -0.4 is 5.32 Å². The molecule has 1 aromatic rings. The van der Waals surface area contributed by atoms with Crippen LogP contribution in [-0.4, -0.2) is 69.2 Å². The van der Waals surface area contributed by atoms with Crippen LogP contribution in [0, 0.1) is 11.7 Å². The summed E-state index contributed by atoms with van der Waals surface area (Å²) in [5.41, 5.74) is 0.932. The Hall–Kier alpha value is -0.930. The van der Waals surface area contributed by atoms with Gasteiger partial charge in [0.15, 0.2) is 5.96 Å². The Labute approximate surface area is 167 Å². The van der Waals surface area contributed by atoms with E-state index < -0.39 is 0 Å². The van der Waals surface area contributed by atoms with Gasteiger partial charge in [-0.2, -0.15) is 0 Å². The third kappa shape index (κ3) is 7.87. The molecule has 0 radical (unpaired) electrons. The van der Waals surface area contributed by atoms with Crippen LogP contribution in [0.2, 0.25) is 0 Å². The van der Waals surface area contributed by atoms with E-state index in [0.717, 1.165) is 50.9 Å². The molecule has 1 aliphatic heterocycles. The molecule has 0 spiro atoms. The number of hydrogen-bond donors (Lipinski definition) is 1. The molecule has 7 heteroatoms. The molecule has 142 valence electrons. The van der Waals surface area contributed by atoms with Crippen molar-refractivity contribution in [2.45, 2.75) is 13.5 Å². The Morgan fingerprint density at radius 3 is 2.76 bits per heavy atom. The van der Waals surface area contributed by atoms with Gasteiger partial charge in [-0.1, -0.05) is 19.1 Å². The summed E-state index contributed by atoms with van der Waals surface area (Å²) in [5, 5.41) is 3.42. The second-order valence-electron chi connectivity index (χ2n) is 6.43. The van der Waals surface area contributed by atoms with Crippen molar-refractivity contribution in [2.75, 3.05) is 53.5 Å². The molecule has 25 heavy (non-hydrogen) atoms. The van der Waals surface area contributed by atoms with E-state index in [2.05, 4.69) is 22.1 Å². The van der Waals surface area contributed by atoms with E-state index in [9.17, 15) is 4.39 Å². The van der Waals surface area contributed by atoms with Crippen LogP contribution in [0.5, 0.6) is 0 Å². The normalized spacial score (nSPS) is 16.9. The molecule has 1 N–H and O–H groups in total. The summed E-state index contributed by atoms with van der Waals surface area (Å²) < 4.78 is 18.7. The van der Waals surface area contributed by atoms with Gasteiger partial charge in [-0.15, -0.1) is 24.0 Å². The molecular formula is C18H30FIN4O. The number of morpholine rings is 1. The molecule has 2 rings (SSSR count). The second-order valence-corrected chi connectivity index (χ2v) is 6.43. The molecule has 0 aliphatic carbocycles. The van der Waals surface area contributed by atoms with Gasteiger partial charge in [-0.05, 0) is 23.6 Å². The van der Waals surface area contributed by atoms with Gasteiger partial charge in [0, 0.05) is 46.8 Å². The Kier molecular flexibility index (Phi) is 10.3. The van der Waals surface area contributed by atoms with Gasteiger partial charge >= 0.3 is 0 Å². The average molecular weight is 464 g/mol.